The molecule has 26 heavy (non-hydrogen) atoms. The Morgan fingerprint density at radius 3 is 2.65 bits per heavy atom. The summed E-state index contributed by atoms with van der Waals surface area (Å²) < 4.78 is 26.1. The summed E-state index contributed by atoms with van der Waals surface area (Å²) in [6.07, 6.45) is 1.44. The molecule has 2 aromatic heterocycles. The zero-order chi connectivity index (χ0) is 19.0. The van der Waals surface area contributed by atoms with Gasteiger partial charge in [0.25, 0.3) is 0 Å². The molecule has 0 aliphatic carbocycles. The molecule has 0 aliphatic rings. The lowest BCUT2D eigenvalue weighted by molar-refractivity contribution is -0.613. The van der Waals surface area contributed by atoms with E-state index in [2.05, 4.69) is 4.98 Å². The highest BCUT2D eigenvalue weighted by molar-refractivity contribution is 7.84. The first-order valence-corrected chi connectivity index (χ1v) is 9.34. The van der Waals surface area contributed by atoms with Gasteiger partial charge < -0.3 is 19.2 Å². The van der Waals surface area contributed by atoms with Gasteiger partial charge in [0.2, 0.25) is 5.69 Å². The molecule has 0 N–H and O–H groups in total. The quantitative estimate of drug-likeness (QED) is 0.504. The molecule has 0 fully saturated rings. The van der Waals surface area contributed by atoms with Crippen LogP contribution in [-0.2, 0) is 23.6 Å². The number of ether oxygens (including phenoxy) is 2. The highest BCUT2D eigenvalue weighted by Gasteiger charge is 2.23. The monoisotopic (exact) mass is 375 g/mol. The van der Waals surface area contributed by atoms with Gasteiger partial charge in [0.05, 0.1) is 36.4 Å². The van der Waals surface area contributed by atoms with Crippen LogP contribution in [0.3, 0.4) is 0 Å². The Kier molecular flexibility index (Phi) is 4.86. The lowest BCUT2D eigenvalue weighted by Gasteiger charge is -2.13. The SMILES string of the molecule is COc1ccc2c(c1)nc([S@](=O)Cc1c(C)c(OC)c(C)c[n+]1[O-])n2C. The minimum Gasteiger partial charge on any atom is -0.618 e. The lowest BCUT2D eigenvalue weighted by atomic mass is 10.1. The van der Waals surface area contributed by atoms with Gasteiger partial charge in [-0.3, -0.25) is 4.21 Å². The molecule has 0 spiro atoms. The number of fused-ring (bicyclic) bond motifs is 1. The molecule has 0 bridgehead atoms. The Morgan fingerprint density at radius 1 is 1.27 bits per heavy atom. The van der Waals surface area contributed by atoms with Crippen molar-refractivity contribution in [1.82, 2.24) is 9.55 Å². The molecule has 2 heterocycles. The fourth-order valence-electron chi connectivity index (χ4n) is 3.07. The first-order valence-electron chi connectivity index (χ1n) is 8.02. The second-order valence-electron chi connectivity index (χ2n) is 6.04. The largest absolute Gasteiger partial charge is 0.618 e. The van der Waals surface area contributed by atoms with Crippen LogP contribution in [0.15, 0.2) is 29.6 Å². The van der Waals surface area contributed by atoms with Crippen molar-refractivity contribution < 1.29 is 18.4 Å². The third-order valence-electron chi connectivity index (χ3n) is 4.43. The summed E-state index contributed by atoms with van der Waals surface area (Å²) in [6, 6.07) is 5.50. The maximum absolute atomic E-state index is 13.0. The number of hydrogen-bond donors (Lipinski definition) is 0. The minimum atomic E-state index is -1.49. The average Bonchev–Trinajstić information content (AvgIpc) is 2.94. The van der Waals surface area contributed by atoms with Crippen molar-refractivity contribution in [2.45, 2.75) is 24.8 Å². The number of rotatable bonds is 5. The Morgan fingerprint density at radius 2 is 2.00 bits per heavy atom. The van der Waals surface area contributed by atoms with E-state index < -0.39 is 10.8 Å². The van der Waals surface area contributed by atoms with E-state index in [4.69, 9.17) is 9.47 Å². The number of aryl methyl sites for hydroxylation is 2. The van der Waals surface area contributed by atoms with Gasteiger partial charge in [0.15, 0.2) is 11.4 Å². The molecule has 8 heteroatoms. The van der Waals surface area contributed by atoms with E-state index in [1.165, 1.54) is 6.20 Å². The average molecular weight is 375 g/mol. The molecule has 0 saturated heterocycles. The van der Waals surface area contributed by atoms with E-state index in [0.717, 1.165) is 15.8 Å². The van der Waals surface area contributed by atoms with E-state index in [0.29, 0.717) is 33.4 Å². The molecule has 1 atom stereocenters. The highest BCUT2D eigenvalue weighted by Crippen LogP contribution is 2.26. The van der Waals surface area contributed by atoms with Crippen LogP contribution in [-0.4, -0.2) is 28.0 Å². The standard InChI is InChI=1S/C18H21N3O4S/c1-11-9-21(22)16(12(2)17(11)25-5)10-26(23)18-19-14-8-13(24-4)6-7-15(14)20(18)3/h6-9H,10H2,1-5H3/t26-/m1/s1. The van der Waals surface area contributed by atoms with Gasteiger partial charge in [0, 0.05) is 13.1 Å². The van der Waals surface area contributed by atoms with Gasteiger partial charge >= 0.3 is 0 Å². The van der Waals surface area contributed by atoms with E-state index in [-0.39, 0.29) is 5.75 Å². The van der Waals surface area contributed by atoms with Crippen LogP contribution in [0.25, 0.3) is 11.0 Å². The molecular formula is C18H21N3O4S. The third kappa shape index (κ3) is 3.01. The lowest BCUT2D eigenvalue weighted by Crippen LogP contribution is -2.34. The summed E-state index contributed by atoms with van der Waals surface area (Å²) in [5.74, 6) is 1.38. The Balaban J connectivity index is 2.01. The number of benzene rings is 1. The first-order chi connectivity index (χ1) is 12.4. The highest BCUT2D eigenvalue weighted by atomic mass is 32.2. The van der Waals surface area contributed by atoms with Gasteiger partial charge in [-0.1, -0.05) is 0 Å². The van der Waals surface area contributed by atoms with Gasteiger partial charge in [-0.2, -0.15) is 4.73 Å². The summed E-state index contributed by atoms with van der Waals surface area (Å²) >= 11 is 0. The minimum absolute atomic E-state index is 0.0558. The van der Waals surface area contributed by atoms with Crippen LogP contribution in [0.2, 0.25) is 0 Å². The van der Waals surface area contributed by atoms with Crippen LogP contribution < -0.4 is 14.2 Å². The van der Waals surface area contributed by atoms with Gasteiger partial charge in [-0.15, -0.1) is 0 Å². The maximum Gasteiger partial charge on any atom is 0.212 e. The van der Waals surface area contributed by atoms with Gasteiger partial charge in [-0.25, -0.2) is 4.98 Å². The summed E-state index contributed by atoms with van der Waals surface area (Å²) in [6.45, 7) is 3.60. The maximum atomic E-state index is 13.0. The third-order valence-corrected chi connectivity index (χ3v) is 5.74. The number of methoxy groups -OCH3 is 2. The van der Waals surface area contributed by atoms with Crippen LogP contribution in [0.1, 0.15) is 16.8 Å². The predicted molar refractivity (Wildman–Crippen MR) is 98.8 cm³/mol. The summed E-state index contributed by atoms with van der Waals surface area (Å²) in [5.41, 5.74) is 3.39. The summed E-state index contributed by atoms with van der Waals surface area (Å²) in [5, 5.41) is 12.7. The molecular weight excluding hydrogens is 354 g/mol. The Hall–Kier alpha value is -2.61. The fraction of sp³-hybridized carbons (Fsp3) is 0.333. The van der Waals surface area contributed by atoms with Gasteiger partial charge in [-0.05, 0) is 26.0 Å². The number of aromatic nitrogens is 3. The van der Waals surface area contributed by atoms with Crippen molar-refractivity contribution >= 4 is 21.8 Å². The second-order valence-corrected chi connectivity index (χ2v) is 7.39. The van der Waals surface area contributed by atoms with Crippen LogP contribution in [0.4, 0.5) is 0 Å². The fourth-order valence-corrected chi connectivity index (χ4v) is 4.39. The molecule has 3 aromatic rings. The molecule has 0 aliphatic heterocycles. The van der Waals surface area contributed by atoms with Crippen LogP contribution in [0.5, 0.6) is 11.5 Å². The number of nitrogens with zero attached hydrogens (tertiary/aromatic N) is 3. The smallest absolute Gasteiger partial charge is 0.212 e. The summed E-state index contributed by atoms with van der Waals surface area (Å²) in [7, 11) is 3.47. The summed E-state index contributed by atoms with van der Waals surface area (Å²) in [4.78, 5) is 4.48. The van der Waals surface area contributed by atoms with E-state index in [1.54, 1.807) is 38.7 Å². The van der Waals surface area contributed by atoms with Crippen molar-refractivity contribution in [1.29, 1.82) is 0 Å². The van der Waals surface area contributed by atoms with Crippen molar-refractivity contribution in [3.63, 3.8) is 0 Å². The van der Waals surface area contributed by atoms with E-state index >= 15 is 0 Å². The van der Waals surface area contributed by atoms with Gasteiger partial charge in [0.1, 0.15) is 28.1 Å². The van der Waals surface area contributed by atoms with E-state index in [9.17, 15) is 9.42 Å². The predicted octanol–water partition coefficient (Wildman–Crippen LogP) is 2.15. The van der Waals surface area contributed by atoms with Crippen molar-refractivity contribution in [2.24, 2.45) is 7.05 Å². The molecule has 0 radical (unpaired) electrons. The molecule has 138 valence electrons. The zero-order valence-corrected chi connectivity index (χ0v) is 16.2. The normalized spacial score (nSPS) is 12.3. The zero-order valence-electron chi connectivity index (χ0n) is 15.4. The number of imidazole rings is 1. The topological polar surface area (TPSA) is 80.3 Å². The molecule has 0 amide bonds. The first kappa shape index (κ1) is 18.2. The van der Waals surface area contributed by atoms with E-state index in [1.807, 2.05) is 19.2 Å². The van der Waals surface area contributed by atoms with Crippen LogP contribution in [0, 0.1) is 19.1 Å². The molecule has 0 saturated carbocycles. The molecule has 3 rings (SSSR count). The Labute approximate surface area is 154 Å². The molecule has 1 aromatic carbocycles. The molecule has 7 nitrogen and oxygen atoms in total. The Bertz CT molecular complexity index is 1010. The van der Waals surface area contributed by atoms with Crippen molar-refractivity contribution in [2.75, 3.05) is 14.2 Å². The van der Waals surface area contributed by atoms with Crippen molar-refractivity contribution in [3.8, 4) is 11.5 Å². The number of pyridine rings is 1. The molecule has 0 unspecified atom stereocenters. The van der Waals surface area contributed by atoms with Crippen molar-refractivity contribution in [3.05, 3.63) is 46.4 Å². The second kappa shape index (κ2) is 6.95. The van der Waals surface area contributed by atoms with Crippen LogP contribution >= 0.6 is 0 Å². The number of hydrogen-bond acceptors (Lipinski definition) is 5.